The zero-order valence-electron chi connectivity index (χ0n) is 6.53. The maximum absolute atomic E-state index is 3.89. The van der Waals surface area contributed by atoms with Crippen molar-refractivity contribution >= 4 is 0 Å². The quantitative estimate of drug-likeness (QED) is 0.530. The van der Waals surface area contributed by atoms with Crippen molar-refractivity contribution in [2.75, 3.05) is 0 Å². The summed E-state index contributed by atoms with van der Waals surface area (Å²) in [6, 6.07) is 0. The van der Waals surface area contributed by atoms with Gasteiger partial charge >= 0.3 is 0 Å². The van der Waals surface area contributed by atoms with Gasteiger partial charge in [-0.05, 0) is 5.92 Å². The Kier molecular flexibility index (Phi) is 6.12. The van der Waals surface area contributed by atoms with Crippen LogP contribution < -0.4 is 0 Å². The summed E-state index contributed by atoms with van der Waals surface area (Å²) in [6.45, 7) is 9.93. The van der Waals surface area contributed by atoms with E-state index >= 15 is 0 Å². The van der Waals surface area contributed by atoms with Crippen LogP contribution in [0.3, 0.4) is 0 Å². The predicted octanol–water partition coefficient (Wildman–Crippen LogP) is 3.24. The third-order valence-corrected chi connectivity index (χ3v) is 1.85. The van der Waals surface area contributed by atoms with E-state index in [2.05, 4.69) is 20.8 Å². The smallest absolute Gasteiger partial charge is 0.0417 e. The van der Waals surface area contributed by atoms with Crippen LogP contribution in [-0.4, -0.2) is 0 Å². The van der Waals surface area contributed by atoms with Crippen LogP contribution in [0.5, 0.6) is 0 Å². The highest BCUT2D eigenvalue weighted by atomic mass is 14.1. The summed E-state index contributed by atoms with van der Waals surface area (Å²) in [6.07, 6.45) is 6.05. The lowest BCUT2D eigenvalue weighted by atomic mass is 9.97. The number of unbranched alkanes of at least 4 members (excludes halogenated alkanes) is 1. The first-order valence-corrected chi connectivity index (χ1v) is 3.93. The van der Waals surface area contributed by atoms with Gasteiger partial charge in [0.25, 0.3) is 0 Å². The van der Waals surface area contributed by atoms with E-state index in [1.807, 2.05) is 0 Å². The minimum atomic E-state index is 0.853. The third-order valence-electron chi connectivity index (χ3n) is 1.85. The maximum atomic E-state index is 3.89. The molecule has 0 nitrogen and oxygen atoms in total. The van der Waals surface area contributed by atoms with E-state index in [-0.39, 0.29) is 0 Å². The summed E-state index contributed by atoms with van der Waals surface area (Å²) in [7, 11) is 0. The lowest BCUT2D eigenvalue weighted by molar-refractivity contribution is 0.460. The topological polar surface area (TPSA) is 0 Å². The maximum Gasteiger partial charge on any atom is -0.0417 e. The molecular formula is C9H18. The SMILES string of the molecule is [CH2]CCCC(C[CH2])CC. The van der Waals surface area contributed by atoms with E-state index in [0.717, 1.165) is 18.8 Å². The Morgan fingerprint density at radius 3 is 2.33 bits per heavy atom. The lowest BCUT2D eigenvalue weighted by Crippen LogP contribution is -1.95. The van der Waals surface area contributed by atoms with Crippen LogP contribution in [0.15, 0.2) is 0 Å². The Bertz CT molecular complexity index is 44.0. The monoisotopic (exact) mass is 126 g/mol. The molecule has 0 aromatic carbocycles. The second kappa shape index (κ2) is 6.12. The van der Waals surface area contributed by atoms with E-state index in [1.165, 1.54) is 19.3 Å². The molecule has 0 heteroatoms. The standard InChI is InChI=1S/C9H18/c1-4-7-8-9(5-2)6-3/h9H,1-2,4-8H2,3H3. The van der Waals surface area contributed by atoms with Crippen LogP contribution in [0, 0.1) is 19.8 Å². The third kappa shape index (κ3) is 4.50. The van der Waals surface area contributed by atoms with E-state index in [0.29, 0.717) is 0 Å². The van der Waals surface area contributed by atoms with Crippen LogP contribution >= 0.6 is 0 Å². The minimum Gasteiger partial charge on any atom is -0.0651 e. The highest BCUT2D eigenvalue weighted by Crippen LogP contribution is 2.14. The van der Waals surface area contributed by atoms with Crippen LogP contribution in [-0.2, 0) is 0 Å². The summed E-state index contributed by atoms with van der Waals surface area (Å²) in [5.41, 5.74) is 0. The van der Waals surface area contributed by atoms with Gasteiger partial charge < -0.3 is 0 Å². The zero-order valence-corrected chi connectivity index (χ0v) is 6.53. The fraction of sp³-hybridized carbons (Fsp3) is 0.778. The van der Waals surface area contributed by atoms with Crippen molar-refractivity contribution < 1.29 is 0 Å². The summed E-state index contributed by atoms with van der Waals surface area (Å²) < 4.78 is 0. The van der Waals surface area contributed by atoms with Gasteiger partial charge in [-0.2, -0.15) is 0 Å². The lowest BCUT2D eigenvalue weighted by Gasteiger charge is -2.09. The van der Waals surface area contributed by atoms with Gasteiger partial charge in [-0.25, -0.2) is 0 Å². The van der Waals surface area contributed by atoms with Crippen LogP contribution in [0.1, 0.15) is 39.0 Å². The molecule has 0 rings (SSSR count). The Labute approximate surface area is 59.7 Å². The fourth-order valence-electron chi connectivity index (χ4n) is 0.986. The summed E-state index contributed by atoms with van der Waals surface area (Å²) in [5.74, 6) is 0.853. The normalized spacial score (nSPS) is 10.7. The Morgan fingerprint density at radius 1 is 1.33 bits per heavy atom. The van der Waals surface area contributed by atoms with Gasteiger partial charge in [0, 0.05) is 0 Å². The van der Waals surface area contributed by atoms with Gasteiger partial charge in [-0.15, -0.1) is 0 Å². The first-order valence-electron chi connectivity index (χ1n) is 3.93. The molecule has 0 amide bonds. The summed E-state index contributed by atoms with van der Waals surface area (Å²) in [5, 5.41) is 0. The van der Waals surface area contributed by atoms with Gasteiger partial charge in [0.15, 0.2) is 0 Å². The Morgan fingerprint density at radius 2 is 2.00 bits per heavy atom. The predicted molar refractivity (Wildman–Crippen MR) is 43.0 cm³/mol. The highest BCUT2D eigenvalue weighted by Gasteiger charge is 2.00. The van der Waals surface area contributed by atoms with Crippen molar-refractivity contribution in [3.05, 3.63) is 13.8 Å². The van der Waals surface area contributed by atoms with Crippen molar-refractivity contribution in [2.45, 2.75) is 39.0 Å². The Balaban J connectivity index is 3.09. The molecule has 0 saturated carbocycles. The summed E-state index contributed by atoms with van der Waals surface area (Å²) >= 11 is 0. The van der Waals surface area contributed by atoms with Crippen LogP contribution in [0.25, 0.3) is 0 Å². The second-order valence-electron chi connectivity index (χ2n) is 2.56. The molecule has 0 aliphatic carbocycles. The number of rotatable bonds is 5. The molecule has 1 atom stereocenters. The molecule has 0 heterocycles. The molecule has 0 aromatic rings. The molecule has 0 aliphatic heterocycles. The van der Waals surface area contributed by atoms with E-state index < -0.39 is 0 Å². The largest absolute Gasteiger partial charge is 0.0651 e. The Hall–Kier alpha value is 0. The molecule has 0 spiro atoms. The molecule has 0 aromatic heterocycles. The second-order valence-corrected chi connectivity index (χ2v) is 2.56. The highest BCUT2D eigenvalue weighted by molar-refractivity contribution is 4.58. The van der Waals surface area contributed by atoms with Crippen molar-refractivity contribution in [1.29, 1.82) is 0 Å². The van der Waals surface area contributed by atoms with Crippen molar-refractivity contribution in [3.8, 4) is 0 Å². The average Bonchev–Trinajstić information content (AvgIpc) is 1.91. The minimum absolute atomic E-state index is 0.853. The van der Waals surface area contributed by atoms with Gasteiger partial charge in [-0.3, -0.25) is 0 Å². The molecule has 0 fully saturated rings. The van der Waals surface area contributed by atoms with E-state index in [1.54, 1.807) is 0 Å². The molecule has 1 unspecified atom stereocenters. The number of hydrogen-bond acceptors (Lipinski definition) is 0. The van der Waals surface area contributed by atoms with Crippen molar-refractivity contribution in [2.24, 2.45) is 5.92 Å². The molecule has 0 bridgehead atoms. The van der Waals surface area contributed by atoms with Crippen LogP contribution in [0.2, 0.25) is 0 Å². The molecule has 0 aliphatic rings. The van der Waals surface area contributed by atoms with E-state index in [4.69, 9.17) is 0 Å². The van der Waals surface area contributed by atoms with Gasteiger partial charge in [0.1, 0.15) is 0 Å². The molecule has 54 valence electrons. The van der Waals surface area contributed by atoms with Gasteiger partial charge in [0.05, 0.1) is 0 Å². The van der Waals surface area contributed by atoms with Gasteiger partial charge in [-0.1, -0.05) is 52.9 Å². The molecule has 0 N–H and O–H groups in total. The fourth-order valence-corrected chi connectivity index (χ4v) is 0.986. The van der Waals surface area contributed by atoms with E-state index in [9.17, 15) is 0 Å². The molecular weight excluding hydrogens is 108 g/mol. The first kappa shape index (κ1) is 9.00. The first-order chi connectivity index (χ1) is 4.35. The molecule has 9 heavy (non-hydrogen) atoms. The average molecular weight is 126 g/mol. The molecule has 0 saturated heterocycles. The van der Waals surface area contributed by atoms with Gasteiger partial charge in [0.2, 0.25) is 0 Å². The van der Waals surface area contributed by atoms with Crippen molar-refractivity contribution in [3.63, 3.8) is 0 Å². The zero-order chi connectivity index (χ0) is 7.11. The van der Waals surface area contributed by atoms with Crippen LogP contribution in [0.4, 0.5) is 0 Å². The number of hydrogen-bond donors (Lipinski definition) is 0. The summed E-state index contributed by atoms with van der Waals surface area (Å²) in [4.78, 5) is 0. The molecule has 2 radical (unpaired) electrons. The van der Waals surface area contributed by atoms with Crippen molar-refractivity contribution in [1.82, 2.24) is 0 Å².